The van der Waals surface area contributed by atoms with E-state index in [1.807, 2.05) is 30.1 Å². The van der Waals surface area contributed by atoms with Crippen molar-refractivity contribution < 1.29 is 19.1 Å². The van der Waals surface area contributed by atoms with Gasteiger partial charge in [0.1, 0.15) is 11.5 Å². The van der Waals surface area contributed by atoms with Gasteiger partial charge in [0.15, 0.2) is 5.96 Å². The third-order valence-corrected chi connectivity index (χ3v) is 5.44. The van der Waals surface area contributed by atoms with Gasteiger partial charge in [0.05, 0.1) is 25.3 Å². The summed E-state index contributed by atoms with van der Waals surface area (Å²) in [6.07, 6.45) is 1.51. The van der Waals surface area contributed by atoms with Crippen LogP contribution in [0.25, 0.3) is 0 Å². The maximum Gasteiger partial charge on any atom is 0.261 e. The lowest BCUT2D eigenvalue weighted by molar-refractivity contribution is 0.0652. The van der Waals surface area contributed by atoms with Gasteiger partial charge in [-0.25, -0.2) is 0 Å². The molecule has 0 fully saturated rings. The highest BCUT2D eigenvalue weighted by Gasteiger charge is 2.34. The number of hydrogen-bond acceptors (Lipinski definition) is 5. The molecule has 3 rings (SSSR count). The van der Waals surface area contributed by atoms with Crippen molar-refractivity contribution in [1.29, 1.82) is 0 Å². The van der Waals surface area contributed by atoms with Gasteiger partial charge in [-0.05, 0) is 37.1 Å². The van der Waals surface area contributed by atoms with Crippen molar-refractivity contribution >= 4 is 41.8 Å². The normalized spacial score (nSPS) is 12.8. The van der Waals surface area contributed by atoms with Gasteiger partial charge in [0.2, 0.25) is 0 Å². The van der Waals surface area contributed by atoms with E-state index < -0.39 is 0 Å². The number of methoxy groups -OCH3 is 2. The number of imide groups is 1. The largest absolute Gasteiger partial charge is 0.497 e. The van der Waals surface area contributed by atoms with E-state index in [4.69, 9.17) is 9.47 Å². The Hall–Kier alpha value is -2.82. The first kappa shape index (κ1) is 26.4. The molecule has 1 aliphatic heterocycles. The van der Waals surface area contributed by atoms with Crippen LogP contribution < -0.4 is 14.8 Å². The van der Waals surface area contributed by atoms with E-state index in [-0.39, 0.29) is 35.8 Å². The van der Waals surface area contributed by atoms with Gasteiger partial charge < -0.3 is 19.7 Å². The summed E-state index contributed by atoms with van der Waals surface area (Å²) in [5.41, 5.74) is 2.00. The molecule has 1 N–H and O–H groups in total. The molecule has 0 spiro atoms. The minimum absolute atomic E-state index is 0. The first-order valence-corrected chi connectivity index (χ1v) is 10.6. The summed E-state index contributed by atoms with van der Waals surface area (Å²) in [6.45, 7) is 1.70. The Balaban J connectivity index is 0.00000385. The number of benzene rings is 2. The molecule has 0 radical (unpaired) electrons. The highest BCUT2D eigenvalue weighted by Crippen LogP contribution is 2.25. The van der Waals surface area contributed by atoms with E-state index >= 15 is 0 Å². The number of carbonyl (C=O) groups excluding carboxylic acids is 2. The second-order valence-corrected chi connectivity index (χ2v) is 7.52. The topological polar surface area (TPSA) is 83.5 Å². The molecule has 2 aromatic carbocycles. The van der Waals surface area contributed by atoms with Gasteiger partial charge in [-0.2, -0.15) is 0 Å². The highest BCUT2D eigenvalue weighted by molar-refractivity contribution is 14.0. The number of nitrogens with one attached hydrogen (secondary N) is 1. The number of carbonyl (C=O) groups is 2. The van der Waals surface area contributed by atoms with Gasteiger partial charge in [-0.15, -0.1) is 24.0 Å². The van der Waals surface area contributed by atoms with Crippen LogP contribution in [0.3, 0.4) is 0 Å². The van der Waals surface area contributed by atoms with Crippen molar-refractivity contribution in [2.75, 3.05) is 41.4 Å². The van der Waals surface area contributed by atoms with E-state index in [1.165, 1.54) is 4.90 Å². The number of fused-ring (bicyclic) bond motifs is 1. The average molecular weight is 566 g/mol. The van der Waals surface area contributed by atoms with E-state index in [2.05, 4.69) is 10.3 Å². The number of halogens is 1. The summed E-state index contributed by atoms with van der Waals surface area (Å²) in [5.74, 6) is 1.84. The second kappa shape index (κ2) is 12.4. The SMILES string of the molecule is CN=C(NCCCCN1C(=O)c2ccccc2C1=O)N(C)Cc1ccc(OC)cc1OC.I. The maximum absolute atomic E-state index is 12.4. The molecule has 2 amide bonds. The van der Waals surface area contributed by atoms with Gasteiger partial charge in [0, 0.05) is 45.4 Å². The fourth-order valence-electron chi connectivity index (χ4n) is 3.73. The Morgan fingerprint density at radius 3 is 2.27 bits per heavy atom. The molecule has 0 aromatic heterocycles. The van der Waals surface area contributed by atoms with Gasteiger partial charge >= 0.3 is 0 Å². The summed E-state index contributed by atoms with van der Waals surface area (Å²) < 4.78 is 10.7. The minimum Gasteiger partial charge on any atom is -0.497 e. The molecule has 0 saturated carbocycles. The number of rotatable bonds is 9. The zero-order valence-corrected chi connectivity index (χ0v) is 21.8. The van der Waals surface area contributed by atoms with Crippen LogP contribution in [0.2, 0.25) is 0 Å². The molecule has 9 heteroatoms. The molecule has 1 heterocycles. The smallest absolute Gasteiger partial charge is 0.261 e. The average Bonchev–Trinajstić information content (AvgIpc) is 3.06. The molecule has 1 aliphatic rings. The molecule has 2 aromatic rings. The van der Waals surface area contributed by atoms with Crippen LogP contribution in [0.5, 0.6) is 11.5 Å². The zero-order valence-electron chi connectivity index (χ0n) is 19.5. The molecule has 33 heavy (non-hydrogen) atoms. The Bertz CT molecular complexity index is 977. The molecule has 0 atom stereocenters. The van der Waals surface area contributed by atoms with Crippen molar-refractivity contribution in [3.05, 3.63) is 59.2 Å². The van der Waals surface area contributed by atoms with Crippen molar-refractivity contribution in [3.63, 3.8) is 0 Å². The maximum atomic E-state index is 12.4. The lowest BCUT2D eigenvalue weighted by Crippen LogP contribution is -2.39. The monoisotopic (exact) mass is 566 g/mol. The van der Waals surface area contributed by atoms with Crippen LogP contribution in [-0.4, -0.2) is 69.0 Å². The highest BCUT2D eigenvalue weighted by atomic mass is 127. The number of unbranched alkanes of at least 4 members (excludes halogenated alkanes) is 1. The predicted octanol–water partition coefficient (Wildman–Crippen LogP) is 3.41. The van der Waals surface area contributed by atoms with Crippen molar-refractivity contribution in [3.8, 4) is 11.5 Å². The van der Waals surface area contributed by atoms with Gasteiger partial charge in [-0.3, -0.25) is 19.5 Å². The quantitative estimate of drug-likeness (QED) is 0.165. The summed E-state index contributed by atoms with van der Waals surface area (Å²) in [4.78, 5) is 32.5. The lowest BCUT2D eigenvalue weighted by atomic mass is 10.1. The van der Waals surface area contributed by atoms with Gasteiger partial charge in [0.25, 0.3) is 11.8 Å². The fourth-order valence-corrected chi connectivity index (χ4v) is 3.73. The van der Waals surface area contributed by atoms with Crippen LogP contribution in [0.1, 0.15) is 39.1 Å². The number of guanidine groups is 1. The Kier molecular flexibility index (Phi) is 9.95. The fraction of sp³-hybridized carbons (Fsp3) is 0.375. The molecule has 8 nitrogen and oxygen atoms in total. The van der Waals surface area contributed by atoms with Gasteiger partial charge in [-0.1, -0.05) is 12.1 Å². The Labute approximate surface area is 212 Å². The Morgan fingerprint density at radius 2 is 1.70 bits per heavy atom. The number of ether oxygens (including phenoxy) is 2. The second-order valence-electron chi connectivity index (χ2n) is 7.52. The van der Waals surface area contributed by atoms with Crippen molar-refractivity contribution in [1.82, 2.24) is 15.1 Å². The van der Waals surface area contributed by atoms with E-state index in [1.54, 1.807) is 45.5 Å². The minimum atomic E-state index is -0.206. The summed E-state index contributed by atoms with van der Waals surface area (Å²) in [6, 6.07) is 12.7. The molecule has 178 valence electrons. The summed E-state index contributed by atoms with van der Waals surface area (Å²) >= 11 is 0. The van der Waals surface area contributed by atoms with E-state index in [9.17, 15) is 9.59 Å². The van der Waals surface area contributed by atoms with E-state index in [0.717, 1.165) is 29.4 Å². The molecule has 0 saturated heterocycles. The van der Waals surface area contributed by atoms with Crippen LogP contribution in [0, 0.1) is 0 Å². The number of amides is 2. The van der Waals surface area contributed by atoms with Crippen molar-refractivity contribution in [2.24, 2.45) is 4.99 Å². The number of aliphatic imine (C=N–C) groups is 1. The zero-order chi connectivity index (χ0) is 23.1. The van der Waals surface area contributed by atoms with Crippen molar-refractivity contribution in [2.45, 2.75) is 19.4 Å². The lowest BCUT2D eigenvalue weighted by Gasteiger charge is -2.23. The standard InChI is InChI=1S/C24H30N4O4.HI/c1-25-24(27(2)16-17-11-12-18(31-3)15-21(17)32-4)26-13-7-8-14-28-22(29)19-9-5-6-10-20(19)23(28)30;/h5-6,9-12,15H,7-8,13-14,16H2,1-4H3,(H,25,26);1H. The Morgan fingerprint density at radius 1 is 1.03 bits per heavy atom. The first-order chi connectivity index (χ1) is 15.5. The molecular weight excluding hydrogens is 535 g/mol. The molecule has 0 aliphatic carbocycles. The number of nitrogens with zero attached hydrogens (tertiary/aromatic N) is 3. The first-order valence-electron chi connectivity index (χ1n) is 10.6. The van der Waals surface area contributed by atoms with Crippen LogP contribution >= 0.6 is 24.0 Å². The predicted molar refractivity (Wildman–Crippen MR) is 139 cm³/mol. The third kappa shape index (κ3) is 6.16. The van der Waals surface area contributed by atoms with E-state index in [0.29, 0.717) is 37.2 Å². The van der Waals surface area contributed by atoms with Crippen LogP contribution in [0.15, 0.2) is 47.5 Å². The molecule has 0 unspecified atom stereocenters. The van der Waals surface area contributed by atoms with Crippen LogP contribution in [0.4, 0.5) is 0 Å². The summed E-state index contributed by atoms with van der Waals surface area (Å²) in [5, 5.41) is 3.34. The summed E-state index contributed by atoms with van der Waals surface area (Å²) in [7, 11) is 6.96. The third-order valence-electron chi connectivity index (χ3n) is 5.44. The molecule has 0 bridgehead atoms. The molecular formula is C24H31IN4O4. The van der Waals surface area contributed by atoms with Crippen LogP contribution in [-0.2, 0) is 6.54 Å². The number of hydrogen-bond donors (Lipinski definition) is 1.